The van der Waals surface area contributed by atoms with Crippen LogP contribution in [0.4, 0.5) is 5.69 Å². The Balaban J connectivity index is 2.12. The van der Waals surface area contributed by atoms with Gasteiger partial charge in [-0.25, -0.2) is 4.98 Å². The molecule has 18 heavy (non-hydrogen) atoms. The van der Waals surface area contributed by atoms with Crippen molar-refractivity contribution in [2.45, 2.75) is 19.9 Å². The lowest BCUT2D eigenvalue weighted by Crippen LogP contribution is -2.27. The van der Waals surface area contributed by atoms with Crippen LogP contribution in [0, 0.1) is 6.92 Å². The van der Waals surface area contributed by atoms with Crippen LogP contribution in [0.3, 0.4) is 0 Å². The molecule has 0 fully saturated rings. The number of nitrogens with two attached hydrogens (primary N) is 1. The predicted molar refractivity (Wildman–Crippen MR) is 73.6 cm³/mol. The number of hydrogen-bond acceptors (Lipinski definition) is 4. The number of hydrogen-bond donors (Lipinski definition) is 2. The first-order chi connectivity index (χ1) is 8.58. The largest absolute Gasteiger partial charge is 0.399 e. The molecule has 0 aliphatic rings. The first-order valence-corrected chi connectivity index (χ1v) is 6.52. The second-order valence-electron chi connectivity index (χ2n) is 4.14. The summed E-state index contributed by atoms with van der Waals surface area (Å²) in [6, 6.07) is 5.18. The molecule has 3 N–H and O–H groups in total. The number of nitrogen functional groups attached to an aromatic ring is 1. The Morgan fingerprint density at radius 1 is 1.50 bits per heavy atom. The van der Waals surface area contributed by atoms with E-state index in [9.17, 15) is 4.79 Å². The highest BCUT2D eigenvalue weighted by Gasteiger charge is 2.14. The van der Waals surface area contributed by atoms with E-state index in [1.54, 1.807) is 24.4 Å². The van der Waals surface area contributed by atoms with Gasteiger partial charge in [-0.3, -0.25) is 4.79 Å². The topological polar surface area (TPSA) is 68.0 Å². The van der Waals surface area contributed by atoms with Gasteiger partial charge in [0.25, 0.3) is 5.91 Å². The molecule has 94 valence electrons. The fourth-order valence-corrected chi connectivity index (χ4v) is 2.37. The van der Waals surface area contributed by atoms with Crippen LogP contribution < -0.4 is 11.1 Å². The van der Waals surface area contributed by atoms with Gasteiger partial charge in [0.2, 0.25) is 0 Å². The minimum atomic E-state index is -0.102. The molecule has 1 aromatic carbocycles. The molecule has 1 aromatic heterocycles. The highest BCUT2D eigenvalue weighted by atomic mass is 32.1. The number of aromatic nitrogens is 1. The summed E-state index contributed by atoms with van der Waals surface area (Å²) in [7, 11) is 0. The van der Waals surface area contributed by atoms with Crippen molar-refractivity contribution < 1.29 is 4.79 Å². The van der Waals surface area contributed by atoms with Crippen molar-refractivity contribution in [3.63, 3.8) is 0 Å². The summed E-state index contributed by atoms with van der Waals surface area (Å²) < 4.78 is 0. The fraction of sp³-hybridized carbons (Fsp3) is 0.231. The number of carbonyl (C=O) groups is 1. The van der Waals surface area contributed by atoms with Crippen molar-refractivity contribution in [2.75, 3.05) is 5.73 Å². The van der Waals surface area contributed by atoms with Crippen molar-refractivity contribution in [3.8, 4) is 0 Å². The van der Waals surface area contributed by atoms with Gasteiger partial charge in [0.1, 0.15) is 5.01 Å². The highest BCUT2D eigenvalue weighted by Crippen LogP contribution is 2.17. The molecule has 2 rings (SSSR count). The van der Waals surface area contributed by atoms with E-state index in [0.717, 1.165) is 10.6 Å². The number of rotatable bonds is 3. The monoisotopic (exact) mass is 261 g/mol. The third-order valence-corrected chi connectivity index (χ3v) is 3.62. The number of amides is 1. The predicted octanol–water partition coefficient (Wildman–Crippen LogP) is 2.52. The lowest BCUT2D eigenvalue weighted by atomic mass is 10.1. The Kier molecular flexibility index (Phi) is 3.62. The van der Waals surface area contributed by atoms with Crippen LogP contribution in [-0.2, 0) is 0 Å². The molecule has 1 amide bonds. The molecule has 5 heteroatoms. The van der Waals surface area contributed by atoms with E-state index in [2.05, 4.69) is 10.3 Å². The Morgan fingerprint density at radius 2 is 2.28 bits per heavy atom. The van der Waals surface area contributed by atoms with Crippen molar-refractivity contribution in [2.24, 2.45) is 0 Å². The van der Waals surface area contributed by atoms with Gasteiger partial charge >= 0.3 is 0 Å². The zero-order valence-electron chi connectivity index (χ0n) is 10.3. The molecular formula is C13H15N3OS. The lowest BCUT2D eigenvalue weighted by molar-refractivity contribution is 0.0939. The van der Waals surface area contributed by atoms with Gasteiger partial charge in [-0.2, -0.15) is 0 Å². The molecule has 0 radical (unpaired) electrons. The molecule has 1 heterocycles. The standard InChI is InChI=1S/C13H15N3OS/c1-8-7-10(14)3-4-11(8)12(17)16-9(2)13-15-5-6-18-13/h3-7,9H,14H2,1-2H3,(H,16,17). The minimum absolute atomic E-state index is 0.0885. The lowest BCUT2D eigenvalue weighted by Gasteiger charge is -2.12. The molecule has 0 saturated carbocycles. The zero-order chi connectivity index (χ0) is 13.1. The quantitative estimate of drug-likeness (QED) is 0.834. The van der Waals surface area contributed by atoms with Crippen LogP contribution in [0.1, 0.15) is 33.9 Å². The SMILES string of the molecule is Cc1cc(N)ccc1C(=O)NC(C)c1nccs1. The van der Waals surface area contributed by atoms with E-state index in [4.69, 9.17) is 5.73 Å². The first-order valence-electron chi connectivity index (χ1n) is 5.64. The molecule has 1 atom stereocenters. The summed E-state index contributed by atoms with van der Waals surface area (Å²) in [6.07, 6.45) is 1.73. The zero-order valence-corrected chi connectivity index (χ0v) is 11.1. The number of benzene rings is 1. The molecule has 0 aliphatic heterocycles. The van der Waals surface area contributed by atoms with Crippen LogP contribution in [-0.4, -0.2) is 10.9 Å². The molecular weight excluding hydrogens is 246 g/mol. The molecule has 0 bridgehead atoms. The molecule has 1 unspecified atom stereocenters. The van der Waals surface area contributed by atoms with Crippen LogP contribution in [0.25, 0.3) is 0 Å². The molecule has 4 nitrogen and oxygen atoms in total. The average Bonchev–Trinajstić information content (AvgIpc) is 2.81. The van der Waals surface area contributed by atoms with E-state index in [1.807, 2.05) is 19.2 Å². The van der Waals surface area contributed by atoms with E-state index in [1.165, 1.54) is 11.3 Å². The van der Waals surface area contributed by atoms with Crippen molar-refractivity contribution in [1.29, 1.82) is 0 Å². The maximum atomic E-state index is 12.1. The summed E-state index contributed by atoms with van der Waals surface area (Å²) in [4.78, 5) is 16.3. The number of nitrogens with one attached hydrogen (secondary N) is 1. The van der Waals surface area contributed by atoms with Crippen LogP contribution in [0.15, 0.2) is 29.8 Å². The van der Waals surface area contributed by atoms with Gasteiger partial charge in [0, 0.05) is 22.8 Å². The molecule has 0 saturated heterocycles. The van der Waals surface area contributed by atoms with Gasteiger partial charge in [0.05, 0.1) is 6.04 Å². The first kappa shape index (κ1) is 12.6. The minimum Gasteiger partial charge on any atom is -0.399 e. The smallest absolute Gasteiger partial charge is 0.252 e. The van der Waals surface area contributed by atoms with Gasteiger partial charge < -0.3 is 11.1 Å². The third-order valence-electron chi connectivity index (χ3n) is 2.66. The summed E-state index contributed by atoms with van der Waals surface area (Å²) in [6.45, 7) is 3.79. The van der Waals surface area contributed by atoms with Crippen molar-refractivity contribution in [3.05, 3.63) is 45.9 Å². The summed E-state index contributed by atoms with van der Waals surface area (Å²) in [5.41, 5.74) is 7.85. The molecule has 0 aliphatic carbocycles. The average molecular weight is 261 g/mol. The van der Waals surface area contributed by atoms with Crippen LogP contribution in [0.2, 0.25) is 0 Å². The fourth-order valence-electron chi connectivity index (χ4n) is 1.73. The number of anilines is 1. The number of carbonyl (C=O) groups excluding carboxylic acids is 1. The Hall–Kier alpha value is -1.88. The molecule has 0 spiro atoms. The van der Waals surface area contributed by atoms with Gasteiger partial charge in [0.15, 0.2) is 0 Å². The number of aryl methyl sites for hydroxylation is 1. The highest BCUT2D eigenvalue weighted by molar-refractivity contribution is 7.09. The van der Waals surface area contributed by atoms with Crippen molar-refractivity contribution >= 4 is 22.9 Å². The number of nitrogens with zero attached hydrogens (tertiary/aromatic N) is 1. The van der Waals surface area contributed by atoms with Crippen molar-refractivity contribution in [1.82, 2.24) is 10.3 Å². The third kappa shape index (κ3) is 2.68. The second-order valence-corrected chi connectivity index (χ2v) is 5.07. The maximum absolute atomic E-state index is 12.1. The second kappa shape index (κ2) is 5.18. The van der Waals surface area contributed by atoms with Crippen LogP contribution in [0.5, 0.6) is 0 Å². The summed E-state index contributed by atoms with van der Waals surface area (Å²) in [5, 5.41) is 5.72. The number of thiazole rings is 1. The Morgan fingerprint density at radius 3 is 2.89 bits per heavy atom. The van der Waals surface area contributed by atoms with E-state index in [-0.39, 0.29) is 11.9 Å². The summed E-state index contributed by atoms with van der Waals surface area (Å²) >= 11 is 1.53. The van der Waals surface area contributed by atoms with Crippen LogP contribution >= 0.6 is 11.3 Å². The molecule has 2 aromatic rings. The van der Waals surface area contributed by atoms with E-state index in [0.29, 0.717) is 11.3 Å². The van der Waals surface area contributed by atoms with E-state index < -0.39 is 0 Å². The van der Waals surface area contributed by atoms with Gasteiger partial charge in [-0.05, 0) is 37.6 Å². The maximum Gasteiger partial charge on any atom is 0.252 e. The summed E-state index contributed by atoms with van der Waals surface area (Å²) in [5.74, 6) is -0.102. The van der Waals surface area contributed by atoms with Gasteiger partial charge in [-0.1, -0.05) is 0 Å². The van der Waals surface area contributed by atoms with Gasteiger partial charge in [-0.15, -0.1) is 11.3 Å². The normalized spacial score (nSPS) is 12.1. The van der Waals surface area contributed by atoms with E-state index >= 15 is 0 Å². The Labute approximate surface area is 110 Å². The Bertz CT molecular complexity index is 551.